The van der Waals surface area contributed by atoms with Gasteiger partial charge in [0.1, 0.15) is 6.54 Å². The van der Waals surface area contributed by atoms with Crippen LogP contribution in [0.2, 0.25) is 0 Å². The summed E-state index contributed by atoms with van der Waals surface area (Å²) >= 11 is 0. The molecule has 0 atom stereocenters. The Morgan fingerprint density at radius 3 is 2.26 bits per heavy atom. The van der Waals surface area contributed by atoms with Crippen LogP contribution >= 0.6 is 0 Å². The minimum Gasteiger partial charge on any atom is -0.358 e. The minimum absolute atomic E-state index is 0.132. The number of hydrogen-bond acceptors (Lipinski definition) is 5. The van der Waals surface area contributed by atoms with Gasteiger partial charge in [-0.2, -0.15) is 4.68 Å². The molecule has 23 heavy (non-hydrogen) atoms. The molecule has 0 saturated heterocycles. The summed E-state index contributed by atoms with van der Waals surface area (Å²) in [4.78, 5) is 32.9. The molecule has 0 fully saturated rings. The maximum atomic E-state index is 12.0. The van der Waals surface area contributed by atoms with Crippen molar-refractivity contribution in [3.05, 3.63) is 46.1 Å². The number of rotatable bonds is 5. The molecule has 0 aliphatic rings. The smallest absolute Gasteiger partial charge is 0.358 e. The summed E-state index contributed by atoms with van der Waals surface area (Å²) in [5, 5.41) is 19.7. The molecule has 1 aromatic heterocycles. The van der Waals surface area contributed by atoms with Crippen molar-refractivity contribution in [1.29, 1.82) is 0 Å². The molecular weight excluding hydrogens is 302 g/mol. The van der Waals surface area contributed by atoms with Crippen LogP contribution in [0.5, 0.6) is 0 Å². The van der Waals surface area contributed by atoms with Crippen LogP contribution in [0.15, 0.2) is 30.3 Å². The number of amides is 2. The summed E-state index contributed by atoms with van der Waals surface area (Å²) in [5.41, 5.74) is 1.69. The van der Waals surface area contributed by atoms with Crippen LogP contribution in [0, 0.1) is 17.0 Å². The number of nitro groups is 1. The lowest BCUT2D eigenvalue weighted by molar-refractivity contribution is -0.389. The normalized spacial score (nSPS) is 10.2. The average molecular weight is 317 g/mol. The number of anilines is 2. The van der Waals surface area contributed by atoms with Crippen LogP contribution in [0.25, 0.3) is 0 Å². The molecule has 2 rings (SSSR count). The topological polar surface area (TPSA) is 119 Å². The van der Waals surface area contributed by atoms with Crippen LogP contribution in [-0.2, 0) is 16.1 Å². The van der Waals surface area contributed by atoms with Gasteiger partial charge in [0.05, 0.1) is 16.9 Å². The Bertz CT molecular complexity index is 751. The van der Waals surface area contributed by atoms with E-state index in [0.717, 1.165) is 0 Å². The highest BCUT2D eigenvalue weighted by Gasteiger charge is 2.17. The second-order valence-electron chi connectivity index (χ2n) is 4.87. The summed E-state index contributed by atoms with van der Waals surface area (Å²) in [6.07, 6.45) is 0. The number of carbonyl (C=O) groups is 2. The van der Waals surface area contributed by atoms with Gasteiger partial charge in [0, 0.05) is 18.3 Å². The van der Waals surface area contributed by atoms with E-state index in [9.17, 15) is 19.7 Å². The third kappa shape index (κ3) is 4.37. The molecule has 2 N–H and O–H groups in total. The number of nitrogens with zero attached hydrogens (tertiary/aromatic N) is 3. The molecule has 0 aliphatic carbocycles. The van der Waals surface area contributed by atoms with Crippen molar-refractivity contribution >= 4 is 29.0 Å². The van der Waals surface area contributed by atoms with Crippen molar-refractivity contribution in [1.82, 2.24) is 9.78 Å². The lowest BCUT2D eigenvalue weighted by Gasteiger charge is -2.06. The lowest BCUT2D eigenvalue weighted by atomic mass is 10.2. The van der Waals surface area contributed by atoms with Gasteiger partial charge in [-0.15, -0.1) is 0 Å². The first-order valence-corrected chi connectivity index (χ1v) is 6.71. The fourth-order valence-corrected chi connectivity index (χ4v) is 1.92. The van der Waals surface area contributed by atoms with Gasteiger partial charge >= 0.3 is 5.82 Å². The number of benzene rings is 1. The van der Waals surface area contributed by atoms with E-state index in [1.54, 1.807) is 31.2 Å². The van der Waals surface area contributed by atoms with E-state index in [4.69, 9.17) is 0 Å². The first-order valence-electron chi connectivity index (χ1n) is 6.71. The van der Waals surface area contributed by atoms with Gasteiger partial charge in [-0.1, -0.05) is 0 Å². The molecule has 0 aliphatic heterocycles. The average Bonchev–Trinajstić information content (AvgIpc) is 2.82. The Hall–Kier alpha value is -3.23. The molecule has 0 spiro atoms. The van der Waals surface area contributed by atoms with Crippen molar-refractivity contribution in [2.45, 2.75) is 20.4 Å². The number of hydrogen-bond donors (Lipinski definition) is 2. The van der Waals surface area contributed by atoms with Gasteiger partial charge in [0.25, 0.3) is 0 Å². The Morgan fingerprint density at radius 2 is 1.78 bits per heavy atom. The van der Waals surface area contributed by atoms with Gasteiger partial charge in [0.2, 0.25) is 11.8 Å². The van der Waals surface area contributed by atoms with E-state index in [2.05, 4.69) is 15.7 Å². The Kier molecular flexibility index (Phi) is 4.69. The fourth-order valence-electron chi connectivity index (χ4n) is 1.92. The molecule has 9 nitrogen and oxygen atoms in total. The predicted molar refractivity (Wildman–Crippen MR) is 83.0 cm³/mol. The van der Waals surface area contributed by atoms with Crippen molar-refractivity contribution in [2.24, 2.45) is 0 Å². The molecule has 120 valence electrons. The van der Waals surface area contributed by atoms with Crippen LogP contribution in [-0.4, -0.2) is 26.5 Å². The zero-order valence-electron chi connectivity index (χ0n) is 12.6. The van der Waals surface area contributed by atoms with Crippen LogP contribution in [0.4, 0.5) is 17.2 Å². The third-order valence-corrected chi connectivity index (χ3v) is 2.94. The SMILES string of the molecule is CC(=O)Nc1ccc(NC(=O)Cn2nc([N+](=O)[O-])cc2C)cc1. The van der Waals surface area contributed by atoms with Crippen LogP contribution in [0.3, 0.4) is 0 Å². The summed E-state index contributed by atoms with van der Waals surface area (Å²) in [6, 6.07) is 7.89. The van der Waals surface area contributed by atoms with Crippen molar-refractivity contribution in [3.8, 4) is 0 Å². The van der Waals surface area contributed by atoms with Gasteiger partial charge < -0.3 is 20.7 Å². The van der Waals surface area contributed by atoms with Gasteiger partial charge in [-0.3, -0.25) is 9.59 Å². The van der Waals surface area contributed by atoms with E-state index in [-0.39, 0.29) is 24.2 Å². The van der Waals surface area contributed by atoms with Gasteiger partial charge in [-0.25, -0.2) is 0 Å². The number of nitrogens with one attached hydrogen (secondary N) is 2. The standard InChI is InChI=1S/C14H15N5O4/c1-9-7-13(19(22)23)17-18(9)8-14(21)16-12-5-3-11(4-6-12)15-10(2)20/h3-7H,8H2,1-2H3,(H,15,20)(H,16,21). The molecule has 0 bridgehead atoms. The summed E-state index contributed by atoms with van der Waals surface area (Å²) in [7, 11) is 0. The van der Waals surface area contributed by atoms with Crippen molar-refractivity contribution < 1.29 is 14.5 Å². The molecule has 9 heteroatoms. The zero-order chi connectivity index (χ0) is 17.0. The Labute approximate surface area is 131 Å². The second-order valence-corrected chi connectivity index (χ2v) is 4.87. The first-order chi connectivity index (χ1) is 10.8. The van der Waals surface area contributed by atoms with Gasteiger partial charge in [-0.05, 0) is 36.1 Å². The molecule has 2 amide bonds. The Balaban J connectivity index is 1.99. The molecule has 0 radical (unpaired) electrons. The Morgan fingerprint density at radius 1 is 1.22 bits per heavy atom. The summed E-state index contributed by atoms with van der Waals surface area (Å²) in [5.74, 6) is -0.842. The lowest BCUT2D eigenvalue weighted by Crippen LogP contribution is -2.20. The van der Waals surface area contributed by atoms with Crippen LogP contribution in [0.1, 0.15) is 12.6 Å². The maximum absolute atomic E-state index is 12.0. The van der Waals surface area contributed by atoms with E-state index < -0.39 is 4.92 Å². The second kappa shape index (κ2) is 6.69. The molecular formula is C14H15N5O4. The number of aryl methyl sites for hydroxylation is 1. The fraction of sp³-hybridized carbons (Fsp3) is 0.214. The monoisotopic (exact) mass is 317 g/mol. The minimum atomic E-state index is -0.609. The van der Waals surface area contributed by atoms with Crippen LogP contribution < -0.4 is 10.6 Å². The van der Waals surface area contributed by atoms with E-state index in [1.807, 2.05) is 0 Å². The van der Waals surface area contributed by atoms with E-state index in [0.29, 0.717) is 17.1 Å². The maximum Gasteiger partial charge on any atom is 0.390 e. The van der Waals surface area contributed by atoms with Gasteiger partial charge in [0.15, 0.2) is 0 Å². The number of carbonyl (C=O) groups excluding carboxylic acids is 2. The number of aromatic nitrogens is 2. The van der Waals surface area contributed by atoms with E-state index >= 15 is 0 Å². The molecule has 0 saturated carbocycles. The summed E-state index contributed by atoms with van der Waals surface area (Å²) < 4.78 is 1.26. The largest absolute Gasteiger partial charge is 0.390 e. The molecule has 0 unspecified atom stereocenters. The molecule has 1 heterocycles. The summed E-state index contributed by atoms with van der Waals surface area (Å²) in [6.45, 7) is 2.91. The van der Waals surface area contributed by atoms with E-state index in [1.165, 1.54) is 17.7 Å². The molecule has 1 aromatic carbocycles. The van der Waals surface area contributed by atoms with Crippen molar-refractivity contribution in [2.75, 3.05) is 10.6 Å². The van der Waals surface area contributed by atoms with Crippen molar-refractivity contribution in [3.63, 3.8) is 0 Å². The predicted octanol–water partition coefficient (Wildman–Crippen LogP) is 1.70. The molecule has 2 aromatic rings. The third-order valence-electron chi connectivity index (χ3n) is 2.94. The first kappa shape index (κ1) is 16.1. The highest BCUT2D eigenvalue weighted by atomic mass is 16.6. The zero-order valence-corrected chi connectivity index (χ0v) is 12.6. The highest BCUT2D eigenvalue weighted by molar-refractivity contribution is 5.92. The highest BCUT2D eigenvalue weighted by Crippen LogP contribution is 2.14. The quantitative estimate of drug-likeness (QED) is 0.642.